The molecule has 3 aromatic carbocycles. The molecule has 0 spiro atoms. The monoisotopic (exact) mass is 434 g/mol. The number of hydrogen-bond acceptors (Lipinski definition) is 3. The van der Waals surface area contributed by atoms with Crippen molar-refractivity contribution in [3.8, 4) is 11.1 Å². The van der Waals surface area contributed by atoms with Gasteiger partial charge in [-0.15, -0.1) is 0 Å². The van der Waals surface area contributed by atoms with E-state index in [2.05, 4.69) is 0 Å². The molecular formula is C25H20F2N2O3. The normalized spacial score (nSPS) is 11.0. The van der Waals surface area contributed by atoms with Crippen LogP contribution in [0.15, 0.2) is 63.8 Å². The Morgan fingerprint density at radius 3 is 2.28 bits per heavy atom. The Kier molecular flexibility index (Phi) is 5.26. The zero-order valence-corrected chi connectivity index (χ0v) is 17.7. The van der Waals surface area contributed by atoms with Gasteiger partial charge in [-0.2, -0.15) is 0 Å². The highest BCUT2D eigenvalue weighted by molar-refractivity contribution is 6.08. The van der Waals surface area contributed by atoms with Crippen LogP contribution in [0.1, 0.15) is 16.7 Å². The number of carbonyl (C=O) groups excluding carboxylic acids is 1. The molecule has 0 radical (unpaired) electrons. The lowest BCUT2D eigenvalue weighted by atomic mass is 9.94. The lowest BCUT2D eigenvalue weighted by molar-refractivity contribution is 0.255. The Bertz CT molecular complexity index is 1440. The predicted molar refractivity (Wildman–Crippen MR) is 120 cm³/mol. The Balaban J connectivity index is 2.19. The second-order valence-electron chi connectivity index (χ2n) is 7.63. The average molecular weight is 434 g/mol. The number of anilines is 2. The minimum absolute atomic E-state index is 0.243. The third kappa shape index (κ3) is 3.51. The molecule has 0 aliphatic rings. The van der Waals surface area contributed by atoms with E-state index < -0.39 is 23.3 Å². The summed E-state index contributed by atoms with van der Waals surface area (Å²) in [7, 11) is 0. The zero-order valence-electron chi connectivity index (χ0n) is 17.7. The summed E-state index contributed by atoms with van der Waals surface area (Å²) in [5.74, 6) is -1.87. The van der Waals surface area contributed by atoms with Crippen LogP contribution in [0, 0.1) is 32.4 Å². The van der Waals surface area contributed by atoms with E-state index >= 15 is 0 Å². The number of amides is 2. The number of benzene rings is 3. The smallest absolute Gasteiger partial charge is 0.361 e. The van der Waals surface area contributed by atoms with E-state index in [4.69, 9.17) is 10.2 Å². The average Bonchev–Trinajstić information content (AvgIpc) is 2.72. The Morgan fingerprint density at radius 1 is 0.938 bits per heavy atom. The molecule has 2 N–H and O–H groups in total. The van der Waals surface area contributed by atoms with E-state index in [-0.39, 0.29) is 11.4 Å². The summed E-state index contributed by atoms with van der Waals surface area (Å²) in [5.41, 5.74) is 8.16. The van der Waals surface area contributed by atoms with Gasteiger partial charge in [-0.3, -0.25) is 4.90 Å². The molecule has 2 amide bonds. The molecule has 162 valence electrons. The number of primary amides is 1. The molecule has 4 rings (SSSR count). The maximum absolute atomic E-state index is 14.7. The number of aryl methyl sites for hydroxylation is 3. The third-order valence-corrected chi connectivity index (χ3v) is 5.51. The number of halogens is 2. The summed E-state index contributed by atoms with van der Waals surface area (Å²) in [4.78, 5) is 26.5. The van der Waals surface area contributed by atoms with E-state index in [0.29, 0.717) is 28.2 Å². The molecule has 0 aliphatic carbocycles. The molecule has 0 unspecified atom stereocenters. The van der Waals surface area contributed by atoms with Crippen molar-refractivity contribution in [1.29, 1.82) is 0 Å². The highest BCUT2D eigenvalue weighted by Crippen LogP contribution is 2.40. The van der Waals surface area contributed by atoms with Gasteiger partial charge in [0.15, 0.2) is 0 Å². The Hall–Kier alpha value is -4.00. The van der Waals surface area contributed by atoms with Crippen LogP contribution in [-0.2, 0) is 0 Å². The van der Waals surface area contributed by atoms with Gasteiger partial charge in [0.2, 0.25) is 0 Å². The first-order valence-electron chi connectivity index (χ1n) is 9.87. The Labute approximate surface area is 182 Å². The number of fused-ring (bicyclic) bond motifs is 1. The van der Waals surface area contributed by atoms with Crippen LogP contribution in [0.5, 0.6) is 0 Å². The molecule has 0 aliphatic heterocycles. The van der Waals surface area contributed by atoms with Gasteiger partial charge in [-0.05, 0) is 67.3 Å². The first kappa shape index (κ1) is 21.2. The molecule has 4 aromatic rings. The summed E-state index contributed by atoms with van der Waals surface area (Å²) in [5, 5.41) is 0.561. The van der Waals surface area contributed by atoms with Crippen molar-refractivity contribution in [2.24, 2.45) is 5.73 Å². The van der Waals surface area contributed by atoms with Crippen LogP contribution in [0.3, 0.4) is 0 Å². The van der Waals surface area contributed by atoms with Gasteiger partial charge < -0.3 is 10.2 Å². The van der Waals surface area contributed by atoms with Crippen LogP contribution in [0.4, 0.5) is 25.0 Å². The molecule has 32 heavy (non-hydrogen) atoms. The maximum atomic E-state index is 14.7. The molecule has 1 aromatic heterocycles. The van der Waals surface area contributed by atoms with Gasteiger partial charge in [-0.25, -0.2) is 18.4 Å². The topological polar surface area (TPSA) is 76.5 Å². The van der Waals surface area contributed by atoms with Crippen molar-refractivity contribution < 1.29 is 18.0 Å². The summed E-state index contributed by atoms with van der Waals surface area (Å²) >= 11 is 0. The fourth-order valence-corrected chi connectivity index (χ4v) is 3.79. The van der Waals surface area contributed by atoms with Gasteiger partial charge in [-0.1, -0.05) is 24.3 Å². The number of urea groups is 1. The molecule has 1 heterocycles. The minimum Gasteiger partial charge on any atom is -0.421 e. The van der Waals surface area contributed by atoms with Crippen molar-refractivity contribution in [3.05, 3.63) is 93.3 Å². The molecule has 5 nitrogen and oxygen atoms in total. The first-order valence-corrected chi connectivity index (χ1v) is 9.87. The molecule has 0 saturated carbocycles. The zero-order chi connectivity index (χ0) is 23.2. The maximum Gasteiger partial charge on any atom is 0.361 e. The number of nitrogens with two attached hydrogens (primary N) is 1. The largest absolute Gasteiger partial charge is 0.421 e. The highest BCUT2D eigenvalue weighted by atomic mass is 19.1. The van der Waals surface area contributed by atoms with E-state index in [9.17, 15) is 18.4 Å². The molecule has 0 saturated heterocycles. The SMILES string of the molecule is Cc1cc2oc(=O)c(N(C(N)=O)c3ccc(F)cc3F)c(-c3ccccc3C)c2cc1C. The summed E-state index contributed by atoms with van der Waals surface area (Å²) in [6.07, 6.45) is 0. The second-order valence-corrected chi connectivity index (χ2v) is 7.63. The lowest BCUT2D eigenvalue weighted by Gasteiger charge is -2.24. The quantitative estimate of drug-likeness (QED) is 0.409. The van der Waals surface area contributed by atoms with Crippen LogP contribution in [0.2, 0.25) is 0 Å². The van der Waals surface area contributed by atoms with E-state index in [0.717, 1.165) is 33.7 Å². The van der Waals surface area contributed by atoms with E-state index in [1.54, 1.807) is 18.2 Å². The number of hydrogen-bond donors (Lipinski definition) is 1. The van der Waals surface area contributed by atoms with E-state index in [1.165, 1.54) is 0 Å². The molecule has 0 atom stereocenters. The number of carbonyl (C=O) groups is 1. The molecule has 0 bridgehead atoms. The lowest BCUT2D eigenvalue weighted by Crippen LogP contribution is -2.35. The molecule has 0 fully saturated rings. The van der Waals surface area contributed by atoms with Gasteiger partial charge >= 0.3 is 11.7 Å². The fraction of sp³-hybridized carbons (Fsp3) is 0.120. The van der Waals surface area contributed by atoms with Gasteiger partial charge in [0, 0.05) is 17.0 Å². The van der Waals surface area contributed by atoms with Gasteiger partial charge in [0.05, 0.1) is 5.69 Å². The Morgan fingerprint density at radius 2 is 1.62 bits per heavy atom. The summed E-state index contributed by atoms with van der Waals surface area (Å²) in [6.45, 7) is 5.65. The highest BCUT2D eigenvalue weighted by Gasteiger charge is 2.29. The van der Waals surface area contributed by atoms with Crippen molar-refractivity contribution in [1.82, 2.24) is 0 Å². The molecule has 7 heteroatoms. The van der Waals surface area contributed by atoms with Gasteiger partial charge in [0.1, 0.15) is 22.9 Å². The van der Waals surface area contributed by atoms with Crippen molar-refractivity contribution in [2.75, 3.05) is 4.90 Å². The standard InChI is InChI=1S/C25H20F2N2O3/c1-13-6-4-5-7-17(13)22-18-10-14(2)15(3)11-21(18)32-24(30)23(22)29(25(28)31)20-9-8-16(26)12-19(20)27/h4-12H,1-3H3,(H2,28,31). The number of nitrogens with zero attached hydrogens (tertiary/aromatic N) is 1. The van der Waals surface area contributed by atoms with Crippen LogP contribution in [-0.4, -0.2) is 6.03 Å². The summed E-state index contributed by atoms with van der Waals surface area (Å²) in [6, 6.07) is 12.4. The molecular weight excluding hydrogens is 414 g/mol. The van der Waals surface area contributed by atoms with Crippen LogP contribution in [0.25, 0.3) is 22.1 Å². The summed E-state index contributed by atoms with van der Waals surface area (Å²) < 4.78 is 33.8. The van der Waals surface area contributed by atoms with Crippen LogP contribution >= 0.6 is 0 Å². The minimum atomic E-state index is -1.11. The second kappa shape index (κ2) is 7.92. The fourth-order valence-electron chi connectivity index (χ4n) is 3.79. The van der Waals surface area contributed by atoms with Crippen molar-refractivity contribution in [2.45, 2.75) is 20.8 Å². The first-order chi connectivity index (χ1) is 15.2. The number of rotatable bonds is 3. The van der Waals surface area contributed by atoms with E-state index in [1.807, 2.05) is 39.0 Å². The third-order valence-electron chi connectivity index (χ3n) is 5.51. The van der Waals surface area contributed by atoms with Crippen molar-refractivity contribution >= 4 is 28.4 Å². The van der Waals surface area contributed by atoms with Gasteiger partial charge in [0.25, 0.3) is 0 Å². The van der Waals surface area contributed by atoms with Crippen LogP contribution < -0.4 is 16.3 Å². The predicted octanol–water partition coefficient (Wildman–Crippen LogP) is 5.88. The van der Waals surface area contributed by atoms with Crippen molar-refractivity contribution in [3.63, 3.8) is 0 Å².